The average molecular weight is 407 g/mol. The zero-order chi connectivity index (χ0) is 19.9. The summed E-state index contributed by atoms with van der Waals surface area (Å²) < 4.78 is 14.6. The van der Waals surface area contributed by atoms with E-state index in [9.17, 15) is 14.3 Å². The number of aliphatic hydroxyl groups excluding tert-OH is 1. The van der Waals surface area contributed by atoms with Crippen molar-refractivity contribution in [1.29, 1.82) is 0 Å². The third kappa shape index (κ3) is 3.76. The van der Waals surface area contributed by atoms with Crippen LogP contribution in [0.1, 0.15) is 44.7 Å². The molecule has 5 heteroatoms. The molecule has 0 radical (unpaired) electrons. The second-order valence-electron chi connectivity index (χ2n) is 7.71. The van der Waals surface area contributed by atoms with Gasteiger partial charge in [-0.15, -0.1) is 0 Å². The number of carbonyl (C=O) groups excluding carboxylic acids is 1. The molecule has 0 bridgehead atoms. The van der Waals surface area contributed by atoms with E-state index in [2.05, 4.69) is 0 Å². The summed E-state index contributed by atoms with van der Waals surface area (Å²) in [7, 11) is 0. The van der Waals surface area contributed by atoms with Crippen molar-refractivity contribution in [1.82, 2.24) is 0 Å². The number of rotatable bonds is 3. The predicted molar refractivity (Wildman–Crippen MR) is 109 cm³/mol. The number of carbonyl (C=O) groups is 1. The normalized spacial score (nSPS) is 16.7. The third-order valence-corrected chi connectivity index (χ3v) is 5.74. The fraction of sp³-hybridized carbons (Fsp3) is 0.318. The molecule has 0 saturated carbocycles. The molecule has 1 aliphatic rings. The van der Waals surface area contributed by atoms with Gasteiger partial charge in [0.2, 0.25) is 0 Å². The lowest BCUT2D eigenvalue weighted by atomic mass is 9.74. The van der Waals surface area contributed by atoms with Crippen LogP contribution in [-0.4, -0.2) is 10.9 Å². The summed E-state index contributed by atoms with van der Waals surface area (Å²) in [6, 6.07) is 8.51. The molecule has 2 aromatic carbocycles. The fourth-order valence-corrected chi connectivity index (χ4v) is 3.94. The van der Waals surface area contributed by atoms with E-state index in [1.807, 2.05) is 26.8 Å². The molecule has 0 aliphatic heterocycles. The SMILES string of the molecule is CCc1ccc(-c2ccc(Cl)c(Cl)c2F)cc1C1=C(O)CC(C)(C)CC1=O. The van der Waals surface area contributed by atoms with Crippen molar-refractivity contribution in [3.8, 4) is 11.1 Å². The Bertz CT molecular complexity index is 961. The van der Waals surface area contributed by atoms with Crippen LogP contribution in [0.5, 0.6) is 0 Å². The van der Waals surface area contributed by atoms with E-state index >= 15 is 0 Å². The molecule has 0 saturated heterocycles. The van der Waals surface area contributed by atoms with Crippen LogP contribution in [0, 0.1) is 11.2 Å². The van der Waals surface area contributed by atoms with E-state index in [0.29, 0.717) is 41.5 Å². The van der Waals surface area contributed by atoms with Gasteiger partial charge >= 0.3 is 0 Å². The highest BCUT2D eigenvalue weighted by molar-refractivity contribution is 6.42. The smallest absolute Gasteiger partial charge is 0.167 e. The van der Waals surface area contributed by atoms with Crippen molar-refractivity contribution < 1.29 is 14.3 Å². The highest BCUT2D eigenvalue weighted by Gasteiger charge is 2.34. The van der Waals surface area contributed by atoms with Crippen LogP contribution in [0.3, 0.4) is 0 Å². The van der Waals surface area contributed by atoms with Crippen LogP contribution < -0.4 is 0 Å². The van der Waals surface area contributed by atoms with Crippen LogP contribution in [0.2, 0.25) is 10.0 Å². The van der Waals surface area contributed by atoms with E-state index < -0.39 is 5.82 Å². The Labute approximate surface area is 168 Å². The minimum Gasteiger partial charge on any atom is -0.512 e. The summed E-state index contributed by atoms with van der Waals surface area (Å²) in [6.07, 6.45) is 1.48. The molecule has 0 aromatic heterocycles. The van der Waals surface area contributed by atoms with Gasteiger partial charge in [-0.2, -0.15) is 0 Å². The van der Waals surface area contributed by atoms with Gasteiger partial charge in [-0.25, -0.2) is 4.39 Å². The molecule has 0 amide bonds. The molecule has 3 rings (SSSR count). The van der Waals surface area contributed by atoms with Crippen molar-refractivity contribution in [2.24, 2.45) is 5.41 Å². The molecule has 27 heavy (non-hydrogen) atoms. The Hall–Kier alpha value is -1.84. The molecular formula is C22H21Cl2FO2. The van der Waals surface area contributed by atoms with Crippen LogP contribution in [0.15, 0.2) is 36.1 Å². The van der Waals surface area contributed by atoms with Crippen molar-refractivity contribution in [3.63, 3.8) is 0 Å². The monoisotopic (exact) mass is 406 g/mol. The molecule has 0 fully saturated rings. The molecule has 2 nitrogen and oxygen atoms in total. The lowest BCUT2D eigenvalue weighted by Crippen LogP contribution is -2.25. The Balaban J connectivity index is 2.19. The van der Waals surface area contributed by atoms with Gasteiger partial charge in [0.15, 0.2) is 11.6 Å². The van der Waals surface area contributed by atoms with E-state index in [-0.39, 0.29) is 27.0 Å². The molecule has 0 spiro atoms. The second kappa shape index (κ2) is 7.29. The largest absolute Gasteiger partial charge is 0.512 e. The van der Waals surface area contributed by atoms with Crippen molar-refractivity contribution in [3.05, 3.63) is 63.1 Å². The number of Topliss-reactive ketones (excluding diaryl/α,β-unsaturated/α-hetero) is 1. The lowest BCUT2D eigenvalue weighted by molar-refractivity contribution is -0.116. The average Bonchev–Trinajstić information content (AvgIpc) is 2.58. The number of allylic oxidation sites excluding steroid dienone is 2. The maximum Gasteiger partial charge on any atom is 0.167 e. The molecular weight excluding hydrogens is 386 g/mol. The van der Waals surface area contributed by atoms with Crippen LogP contribution >= 0.6 is 23.2 Å². The van der Waals surface area contributed by atoms with Gasteiger partial charge in [-0.1, -0.05) is 56.1 Å². The minimum absolute atomic E-state index is 0.0924. The number of aryl methyl sites for hydroxylation is 1. The highest BCUT2D eigenvalue weighted by atomic mass is 35.5. The topological polar surface area (TPSA) is 37.3 Å². The van der Waals surface area contributed by atoms with Crippen LogP contribution in [0.25, 0.3) is 16.7 Å². The molecule has 1 aliphatic carbocycles. The summed E-state index contributed by atoms with van der Waals surface area (Å²) in [4.78, 5) is 12.8. The molecule has 0 atom stereocenters. The van der Waals surface area contributed by atoms with Crippen molar-refractivity contribution in [2.75, 3.05) is 0 Å². The number of ketones is 1. The number of hydrogen-bond acceptors (Lipinski definition) is 2. The lowest BCUT2D eigenvalue weighted by Gasteiger charge is -2.30. The molecule has 142 valence electrons. The van der Waals surface area contributed by atoms with E-state index in [1.54, 1.807) is 24.3 Å². The second-order valence-corrected chi connectivity index (χ2v) is 8.50. The summed E-state index contributed by atoms with van der Waals surface area (Å²) in [6.45, 7) is 5.90. The Kier molecular flexibility index (Phi) is 5.38. The van der Waals surface area contributed by atoms with Crippen LogP contribution in [0.4, 0.5) is 4.39 Å². The van der Waals surface area contributed by atoms with E-state index in [0.717, 1.165) is 5.56 Å². The van der Waals surface area contributed by atoms with Crippen molar-refractivity contribution >= 4 is 34.6 Å². The summed E-state index contributed by atoms with van der Waals surface area (Å²) in [5, 5.41) is 10.6. The number of aliphatic hydroxyl groups is 1. The first-order valence-electron chi connectivity index (χ1n) is 8.87. The summed E-state index contributed by atoms with van der Waals surface area (Å²) >= 11 is 11.8. The molecule has 1 N–H and O–H groups in total. The third-order valence-electron chi connectivity index (χ3n) is 4.96. The predicted octanol–water partition coefficient (Wildman–Crippen LogP) is 7.02. The number of hydrogen-bond donors (Lipinski definition) is 1. The highest BCUT2D eigenvalue weighted by Crippen LogP contribution is 2.41. The first-order valence-corrected chi connectivity index (χ1v) is 9.62. The number of benzene rings is 2. The quantitative estimate of drug-likeness (QED) is 0.555. The van der Waals surface area contributed by atoms with E-state index in [4.69, 9.17) is 23.2 Å². The van der Waals surface area contributed by atoms with E-state index in [1.165, 1.54) is 0 Å². The van der Waals surface area contributed by atoms with Crippen LogP contribution in [-0.2, 0) is 11.2 Å². The Morgan fingerprint density at radius 1 is 1.11 bits per heavy atom. The first-order chi connectivity index (χ1) is 12.6. The summed E-state index contributed by atoms with van der Waals surface area (Å²) in [5.41, 5.74) is 2.53. The number of halogens is 3. The van der Waals surface area contributed by atoms with Gasteiger partial charge in [0, 0.05) is 18.4 Å². The maximum atomic E-state index is 14.6. The summed E-state index contributed by atoms with van der Waals surface area (Å²) in [5.74, 6) is -0.600. The maximum absolute atomic E-state index is 14.6. The minimum atomic E-state index is -0.603. The zero-order valence-electron chi connectivity index (χ0n) is 15.5. The Morgan fingerprint density at radius 3 is 2.44 bits per heavy atom. The van der Waals surface area contributed by atoms with Gasteiger partial charge in [-0.05, 0) is 46.7 Å². The molecule has 0 heterocycles. The van der Waals surface area contributed by atoms with Gasteiger partial charge in [0.1, 0.15) is 5.76 Å². The van der Waals surface area contributed by atoms with Crippen molar-refractivity contribution in [2.45, 2.75) is 40.0 Å². The standard InChI is InChI=1S/C22H21Cl2FO2/c1-4-12-5-6-13(14-7-8-16(23)20(24)21(14)25)9-15(12)19-17(26)10-22(2,3)11-18(19)27/h5-9,26H,4,10-11H2,1-3H3. The van der Waals surface area contributed by atoms with Gasteiger partial charge in [0.25, 0.3) is 0 Å². The first kappa shape index (κ1) is 19.9. The molecule has 0 unspecified atom stereocenters. The Morgan fingerprint density at radius 2 is 1.81 bits per heavy atom. The van der Waals surface area contributed by atoms with Gasteiger partial charge in [0.05, 0.1) is 15.6 Å². The fourth-order valence-electron chi connectivity index (χ4n) is 3.63. The van der Waals surface area contributed by atoms with Gasteiger partial charge in [-0.3, -0.25) is 4.79 Å². The van der Waals surface area contributed by atoms with Gasteiger partial charge < -0.3 is 5.11 Å². The zero-order valence-corrected chi connectivity index (χ0v) is 17.0. The molecule has 2 aromatic rings.